The van der Waals surface area contributed by atoms with Gasteiger partial charge in [0.2, 0.25) is 5.91 Å². The minimum Gasteiger partial charge on any atom is -0.446 e. The zero-order valence-corrected chi connectivity index (χ0v) is 20.1. The second-order valence-corrected chi connectivity index (χ2v) is 11.1. The van der Waals surface area contributed by atoms with Crippen LogP contribution >= 0.6 is 0 Å². The number of carbonyl (C=O) groups is 2. The molecule has 9 nitrogen and oxygen atoms in total. The maximum absolute atomic E-state index is 12.6. The fraction of sp³-hybridized carbons (Fsp3) is 0.522. The predicted octanol–water partition coefficient (Wildman–Crippen LogP) is 3.55. The number of nitrogens with one attached hydrogen (secondary N) is 3. The monoisotopic (exact) mass is 476 g/mol. The number of carbonyl (C=O) groups excluding carboxylic acids is 2. The molecule has 2 amide bonds. The van der Waals surface area contributed by atoms with Crippen molar-refractivity contribution in [2.45, 2.75) is 75.0 Å². The van der Waals surface area contributed by atoms with E-state index >= 15 is 0 Å². The molecule has 1 heterocycles. The van der Waals surface area contributed by atoms with E-state index in [1.165, 1.54) is 6.07 Å². The van der Waals surface area contributed by atoms with E-state index in [1.807, 2.05) is 6.92 Å². The fourth-order valence-corrected chi connectivity index (χ4v) is 5.18. The molecule has 1 fully saturated rings. The third-order valence-corrected chi connectivity index (χ3v) is 7.99. The zero-order chi connectivity index (χ0) is 24.0. The molecule has 2 atom stereocenters. The van der Waals surface area contributed by atoms with E-state index < -0.39 is 15.1 Å². The molecule has 2 aromatic rings. The average Bonchev–Trinajstić information content (AvgIpc) is 3.41. The first-order valence-electron chi connectivity index (χ1n) is 11.3. The summed E-state index contributed by atoms with van der Waals surface area (Å²) in [6.45, 7) is 5.81. The molecule has 0 bridgehead atoms. The van der Waals surface area contributed by atoms with Gasteiger partial charge in [-0.05, 0) is 51.2 Å². The van der Waals surface area contributed by atoms with Crippen molar-refractivity contribution in [1.29, 1.82) is 0 Å². The Morgan fingerprint density at radius 3 is 2.73 bits per heavy atom. The van der Waals surface area contributed by atoms with Gasteiger partial charge in [0.15, 0.2) is 15.7 Å². The molecule has 0 aliphatic heterocycles. The van der Waals surface area contributed by atoms with Crippen molar-refractivity contribution in [3.05, 3.63) is 41.6 Å². The van der Waals surface area contributed by atoms with Gasteiger partial charge in [-0.1, -0.05) is 25.1 Å². The third-order valence-electron chi connectivity index (χ3n) is 5.73. The highest BCUT2D eigenvalue weighted by atomic mass is 32.2. The summed E-state index contributed by atoms with van der Waals surface area (Å²) in [7, 11) is -3.49. The molecule has 0 radical (unpaired) electrons. The summed E-state index contributed by atoms with van der Waals surface area (Å²) in [5, 5.41) is 12.0. The summed E-state index contributed by atoms with van der Waals surface area (Å²) in [6.07, 6.45) is 2.55. The quantitative estimate of drug-likeness (QED) is 0.507. The van der Waals surface area contributed by atoms with Gasteiger partial charge in [-0.2, -0.15) is 5.10 Å². The molecule has 0 unspecified atom stereocenters. The number of alkyl carbamates (subject to hydrolysis) is 1. The van der Waals surface area contributed by atoms with Crippen LogP contribution in [0.25, 0.3) is 0 Å². The largest absolute Gasteiger partial charge is 0.446 e. The van der Waals surface area contributed by atoms with Gasteiger partial charge < -0.3 is 15.4 Å². The molecule has 0 spiro atoms. The van der Waals surface area contributed by atoms with Gasteiger partial charge in [0, 0.05) is 24.2 Å². The minimum atomic E-state index is -3.49. The summed E-state index contributed by atoms with van der Waals surface area (Å²) in [5.74, 6) is 0.188. The first kappa shape index (κ1) is 24.8. The summed E-state index contributed by atoms with van der Waals surface area (Å²) in [6, 6.07) is 8.34. The molecule has 3 rings (SSSR count). The van der Waals surface area contributed by atoms with Gasteiger partial charge in [0.1, 0.15) is 6.10 Å². The highest BCUT2D eigenvalue weighted by molar-refractivity contribution is 7.92. The number of hydrogen-bond donors (Lipinski definition) is 3. The van der Waals surface area contributed by atoms with E-state index in [4.69, 9.17) is 4.74 Å². The van der Waals surface area contributed by atoms with Gasteiger partial charge >= 0.3 is 6.09 Å². The second kappa shape index (κ2) is 10.8. The smallest absolute Gasteiger partial charge is 0.407 e. The Bertz CT molecular complexity index is 1080. The van der Waals surface area contributed by atoms with Crippen LogP contribution in [-0.4, -0.2) is 48.5 Å². The molecule has 1 saturated carbocycles. The SMILES string of the molecule is CCCNC(=O)O[C@@H]1CC[C@H](c2cc(NC(=O)Cc3ccccc3S(=O)(=O)C(C)C)n[nH]2)C1. The molecule has 3 N–H and O–H groups in total. The lowest BCUT2D eigenvalue weighted by Crippen LogP contribution is -2.28. The van der Waals surface area contributed by atoms with Gasteiger partial charge in [-0.15, -0.1) is 0 Å². The van der Waals surface area contributed by atoms with E-state index in [2.05, 4.69) is 20.8 Å². The van der Waals surface area contributed by atoms with Crippen molar-refractivity contribution < 1.29 is 22.7 Å². The summed E-state index contributed by atoms with van der Waals surface area (Å²) >= 11 is 0. The second-order valence-electron chi connectivity index (χ2n) is 8.60. The normalized spacial score (nSPS) is 18.3. The summed E-state index contributed by atoms with van der Waals surface area (Å²) < 4.78 is 30.7. The summed E-state index contributed by atoms with van der Waals surface area (Å²) in [4.78, 5) is 24.5. The first-order valence-corrected chi connectivity index (χ1v) is 12.9. The van der Waals surface area contributed by atoms with Gasteiger partial charge in [-0.3, -0.25) is 9.89 Å². The first-order chi connectivity index (χ1) is 15.7. The number of aromatic nitrogens is 2. The zero-order valence-electron chi connectivity index (χ0n) is 19.3. The molecule has 180 valence electrons. The molecule has 10 heteroatoms. The Balaban J connectivity index is 1.58. The van der Waals surface area contributed by atoms with Crippen LogP contribution in [0, 0.1) is 0 Å². The van der Waals surface area contributed by atoms with Crippen LogP contribution in [0.2, 0.25) is 0 Å². The van der Waals surface area contributed by atoms with E-state index in [9.17, 15) is 18.0 Å². The topological polar surface area (TPSA) is 130 Å². The minimum absolute atomic E-state index is 0.0729. The number of sulfone groups is 1. The van der Waals surface area contributed by atoms with Crippen molar-refractivity contribution in [2.75, 3.05) is 11.9 Å². The number of nitrogens with zero attached hydrogens (tertiary/aromatic N) is 1. The van der Waals surface area contributed by atoms with Crippen LogP contribution in [0.15, 0.2) is 35.2 Å². The van der Waals surface area contributed by atoms with Gasteiger partial charge in [-0.25, -0.2) is 13.2 Å². The Labute approximate surface area is 194 Å². The van der Waals surface area contributed by atoms with E-state index in [0.717, 1.165) is 25.0 Å². The number of anilines is 1. The number of amides is 2. The average molecular weight is 477 g/mol. The van der Waals surface area contributed by atoms with E-state index in [-0.39, 0.29) is 35.3 Å². The molecule has 1 aliphatic carbocycles. The maximum atomic E-state index is 12.6. The lowest BCUT2D eigenvalue weighted by atomic mass is 10.0. The molecule has 33 heavy (non-hydrogen) atoms. The summed E-state index contributed by atoms with van der Waals surface area (Å²) in [5.41, 5.74) is 1.32. The predicted molar refractivity (Wildman–Crippen MR) is 125 cm³/mol. The highest BCUT2D eigenvalue weighted by Crippen LogP contribution is 2.35. The lowest BCUT2D eigenvalue weighted by Gasteiger charge is -2.13. The van der Waals surface area contributed by atoms with Crippen molar-refractivity contribution in [1.82, 2.24) is 15.5 Å². The van der Waals surface area contributed by atoms with Gasteiger partial charge in [0.25, 0.3) is 0 Å². The molecule has 1 aliphatic rings. The highest BCUT2D eigenvalue weighted by Gasteiger charge is 2.30. The Hall–Kier alpha value is -2.88. The number of H-pyrrole nitrogens is 1. The van der Waals surface area contributed by atoms with Crippen LogP contribution in [-0.2, 0) is 25.8 Å². The van der Waals surface area contributed by atoms with Crippen molar-refractivity contribution in [2.24, 2.45) is 0 Å². The number of ether oxygens (including phenoxy) is 1. The third kappa shape index (κ3) is 6.34. The Morgan fingerprint density at radius 1 is 1.24 bits per heavy atom. The maximum Gasteiger partial charge on any atom is 0.407 e. The van der Waals surface area contributed by atoms with Gasteiger partial charge in [0.05, 0.1) is 16.6 Å². The molecule has 0 saturated heterocycles. The standard InChI is InChI=1S/C23H32N4O5S/c1-4-11-24-23(29)32-18-10-9-16(12-18)19-14-21(27-26-19)25-22(28)13-17-7-5-6-8-20(17)33(30,31)15(2)3/h5-8,14-16,18H,4,9-13H2,1-3H3,(H,24,29)(H2,25,26,27,28)/t16-,18+/m0/s1. The van der Waals surface area contributed by atoms with E-state index in [1.54, 1.807) is 38.1 Å². The van der Waals surface area contributed by atoms with Crippen LogP contribution in [0.1, 0.15) is 63.6 Å². The van der Waals surface area contributed by atoms with Crippen molar-refractivity contribution >= 4 is 27.7 Å². The van der Waals surface area contributed by atoms with Crippen LogP contribution in [0.4, 0.5) is 10.6 Å². The van der Waals surface area contributed by atoms with Crippen LogP contribution in [0.5, 0.6) is 0 Å². The number of aromatic amines is 1. The molecular weight excluding hydrogens is 444 g/mol. The number of rotatable bonds is 9. The van der Waals surface area contributed by atoms with Crippen molar-refractivity contribution in [3.8, 4) is 0 Å². The van der Waals surface area contributed by atoms with Crippen molar-refractivity contribution in [3.63, 3.8) is 0 Å². The van der Waals surface area contributed by atoms with E-state index in [0.29, 0.717) is 24.3 Å². The van der Waals surface area contributed by atoms with Crippen LogP contribution < -0.4 is 10.6 Å². The molecule has 1 aromatic carbocycles. The lowest BCUT2D eigenvalue weighted by molar-refractivity contribution is -0.115. The fourth-order valence-electron chi connectivity index (χ4n) is 3.90. The number of hydrogen-bond acceptors (Lipinski definition) is 6. The Morgan fingerprint density at radius 2 is 2.00 bits per heavy atom. The Kier molecular flexibility index (Phi) is 8.12. The number of benzene rings is 1. The van der Waals surface area contributed by atoms with Crippen LogP contribution in [0.3, 0.4) is 0 Å². The molecular formula is C23H32N4O5S. The molecule has 1 aromatic heterocycles.